The van der Waals surface area contributed by atoms with Gasteiger partial charge in [0.1, 0.15) is 0 Å². The zero-order valence-corrected chi connectivity index (χ0v) is 8.84. The molecule has 1 amide bonds. The molecule has 1 heterocycles. The molecule has 2 rings (SSSR count). The summed E-state index contributed by atoms with van der Waals surface area (Å²) in [6, 6.07) is 9.26. The number of benzene rings is 1. The number of carbonyl (C=O) groups excluding carboxylic acids is 1. The molecule has 3 N–H and O–H groups in total. The fraction of sp³-hybridized carbons (Fsp3) is 0.0909. The van der Waals surface area contributed by atoms with Crippen LogP contribution in [0.3, 0.4) is 0 Å². The molecule has 0 saturated carbocycles. The summed E-state index contributed by atoms with van der Waals surface area (Å²) < 4.78 is 1.19. The van der Waals surface area contributed by atoms with Gasteiger partial charge in [0, 0.05) is 18.8 Å². The third-order valence-electron chi connectivity index (χ3n) is 2.25. The molecule has 5 heteroatoms. The first kappa shape index (κ1) is 10.2. The summed E-state index contributed by atoms with van der Waals surface area (Å²) in [6.07, 6.45) is 1.61. The summed E-state index contributed by atoms with van der Waals surface area (Å²) in [5.74, 6) is 0.342. The molecule has 82 valence electrons. The minimum atomic E-state index is -0.311. The molecule has 16 heavy (non-hydrogen) atoms. The third-order valence-corrected chi connectivity index (χ3v) is 2.25. The fourth-order valence-corrected chi connectivity index (χ4v) is 1.45. The smallest absolute Gasteiger partial charge is 0.341 e. The van der Waals surface area contributed by atoms with E-state index in [9.17, 15) is 4.79 Å². The fourth-order valence-electron chi connectivity index (χ4n) is 1.45. The van der Waals surface area contributed by atoms with E-state index in [2.05, 4.69) is 10.4 Å². The van der Waals surface area contributed by atoms with Crippen LogP contribution in [-0.2, 0) is 0 Å². The molecule has 0 aliphatic rings. The number of anilines is 1. The number of amides is 1. The van der Waals surface area contributed by atoms with Crippen LogP contribution in [0.15, 0.2) is 36.5 Å². The molecule has 0 fully saturated rings. The Morgan fingerprint density at radius 2 is 2.06 bits per heavy atom. The Morgan fingerprint density at radius 1 is 1.38 bits per heavy atom. The average molecular weight is 216 g/mol. The second kappa shape index (κ2) is 4.06. The number of hydrogen-bond donors (Lipinski definition) is 2. The Bertz CT molecular complexity index is 504. The van der Waals surface area contributed by atoms with E-state index in [4.69, 9.17) is 5.73 Å². The summed E-state index contributed by atoms with van der Waals surface area (Å²) in [5, 5.41) is 6.42. The van der Waals surface area contributed by atoms with Crippen LogP contribution in [-0.4, -0.2) is 22.9 Å². The molecule has 0 bridgehead atoms. The van der Waals surface area contributed by atoms with Gasteiger partial charge in [0.25, 0.3) is 0 Å². The van der Waals surface area contributed by atoms with Crippen LogP contribution in [0.1, 0.15) is 0 Å². The minimum Gasteiger partial charge on any atom is -0.382 e. The number of aromatic nitrogens is 2. The van der Waals surface area contributed by atoms with E-state index in [-0.39, 0.29) is 6.03 Å². The lowest BCUT2D eigenvalue weighted by Crippen LogP contribution is -2.24. The van der Waals surface area contributed by atoms with E-state index in [0.29, 0.717) is 5.82 Å². The maximum atomic E-state index is 11.3. The van der Waals surface area contributed by atoms with Crippen LogP contribution in [0.4, 0.5) is 10.6 Å². The van der Waals surface area contributed by atoms with Crippen molar-refractivity contribution >= 4 is 11.8 Å². The summed E-state index contributed by atoms with van der Waals surface area (Å²) in [6.45, 7) is 0. The van der Waals surface area contributed by atoms with E-state index in [1.165, 1.54) is 4.68 Å². The zero-order chi connectivity index (χ0) is 11.5. The maximum Gasteiger partial charge on any atom is 0.341 e. The molecule has 2 aromatic rings. The topological polar surface area (TPSA) is 72.9 Å². The monoisotopic (exact) mass is 216 g/mol. The van der Waals surface area contributed by atoms with Crippen molar-refractivity contribution in [2.45, 2.75) is 0 Å². The molecule has 0 aliphatic carbocycles. The van der Waals surface area contributed by atoms with Gasteiger partial charge in [-0.2, -0.15) is 4.68 Å². The van der Waals surface area contributed by atoms with Crippen molar-refractivity contribution in [3.63, 3.8) is 0 Å². The predicted molar refractivity (Wildman–Crippen MR) is 61.9 cm³/mol. The van der Waals surface area contributed by atoms with Gasteiger partial charge in [-0.1, -0.05) is 30.3 Å². The van der Waals surface area contributed by atoms with E-state index < -0.39 is 0 Å². The predicted octanol–water partition coefficient (Wildman–Crippen LogP) is 1.32. The minimum absolute atomic E-state index is 0.311. The second-order valence-corrected chi connectivity index (χ2v) is 3.29. The standard InChI is InChI=1S/C11H12N4O/c1-13-11(16)15-7-9(10(12)14-15)8-5-3-2-4-6-8/h2-7H,1H3,(H2,12,14)(H,13,16). The van der Waals surface area contributed by atoms with Crippen molar-refractivity contribution in [1.29, 1.82) is 0 Å². The van der Waals surface area contributed by atoms with Gasteiger partial charge in [-0.25, -0.2) is 4.79 Å². The molecular weight excluding hydrogens is 204 g/mol. The Morgan fingerprint density at radius 3 is 2.69 bits per heavy atom. The van der Waals surface area contributed by atoms with Gasteiger partial charge in [-0.15, -0.1) is 5.10 Å². The molecule has 0 atom stereocenters. The van der Waals surface area contributed by atoms with E-state index in [1.54, 1.807) is 13.2 Å². The van der Waals surface area contributed by atoms with E-state index >= 15 is 0 Å². The van der Waals surface area contributed by atoms with Crippen LogP contribution in [0, 0.1) is 0 Å². The lowest BCUT2D eigenvalue weighted by molar-refractivity contribution is 0.241. The first-order chi connectivity index (χ1) is 7.72. The molecule has 0 aliphatic heterocycles. The highest BCUT2D eigenvalue weighted by molar-refractivity contribution is 5.80. The lowest BCUT2D eigenvalue weighted by Gasteiger charge is -1.97. The normalized spacial score (nSPS) is 10.1. The number of carbonyl (C=O) groups is 1. The van der Waals surface area contributed by atoms with Gasteiger partial charge < -0.3 is 11.1 Å². The summed E-state index contributed by atoms with van der Waals surface area (Å²) >= 11 is 0. The molecule has 0 saturated heterocycles. The molecule has 0 unspecified atom stereocenters. The largest absolute Gasteiger partial charge is 0.382 e. The van der Waals surface area contributed by atoms with Crippen molar-refractivity contribution in [3.8, 4) is 11.1 Å². The average Bonchev–Trinajstić information content (AvgIpc) is 2.71. The van der Waals surface area contributed by atoms with Crippen LogP contribution < -0.4 is 11.1 Å². The number of hydrogen-bond acceptors (Lipinski definition) is 3. The molecular formula is C11H12N4O. The van der Waals surface area contributed by atoms with Gasteiger partial charge in [-0.3, -0.25) is 0 Å². The van der Waals surface area contributed by atoms with E-state index in [0.717, 1.165) is 11.1 Å². The Balaban J connectivity index is 2.44. The SMILES string of the molecule is CNC(=O)n1cc(-c2ccccc2)c(N)n1. The molecule has 0 radical (unpaired) electrons. The molecule has 1 aromatic heterocycles. The summed E-state index contributed by atoms with van der Waals surface area (Å²) in [5.41, 5.74) is 7.45. The number of rotatable bonds is 1. The number of nitrogens with zero attached hydrogens (tertiary/aromatic N) is 2. The van der Waals surface area contributed by atoms with Crippen LogP contribution in [0.25, 0.3) is 11.1 Å². The quantitative estimate of drug-likeness (QED) is 0.755. The van der Waals surface area contributed by atoms with E-state index in [1.807, 2.05) is 30.3 Å². The van der Waals surface area contributed by atoms with Gasteiger partial charge >= 0.3 is 6.03 Å². The highest BCUT2D eigenvalue weighted by Crippen LogP contribution is 2.23. The third kappa shape index (κ3) is 1.75. The first-order valence-electron chi connectivity index (χ1n) is 4.85. The van der Waals surface area contributed by atoms with Crippen molar-refractivity contribution in [2.75, 3.05) is 12.8 Å². The van der Waals surface area contributed by atoms with Crippen LogP contribution in [0.2, 0.25) is 0 Å². The number of nitrogens with two attached hydrogens (primary N) is 1. The van der Waals surface area contributed by atoms with Crippen LogP contribution >= 0.6 is 0 Å². The van der Waals surface area contributed by atoms with Crippen molar-refractivity contribution in [3.05, 3.63) is 36.5 Å². The number of nitrogens with one attached hydrogen (secondary N) is 1. The summed E-state index contributed by atoms with van der Waals surface area (Å²) in [7, 11) is 1.54. The Labute approximate surface area is 92.9 Å². The lowest BCUT2D eigenvalue weighted by atomic mass is 10.1. The Hall–Kier alpha value is -2.30. The molecule has 0 spiro atoms. The highest BCUT2D eigenvalue weighted by Gasteiger charge is 2.10. The highest BCUT2D eigenvalue weighted by atomic mass is 16.2. The zero-order valence-electron chi connectivity index (χ0n) is 8.84. The van der Waals surface area contributed by atoms with Crippen molar-refractivity contribution in [2.24, 2.45) is 0 Å². The molecule has 1 aromatic carbocycles. The van der Waals surface area contributed by atoms with Crippen molar-refractivity contribution in [1.82, 2.24) is 15.1 Å². The summed E-state index contributed by atoms with van der Waals surface area (Å²) in [4.78, 5) is 11.3. The van der Waals surface area contributed by atoms with Gasteiger partial charge in [0.05, 0.1) is 0 Å². The molecule has 5 nitrogen and oxygen atoms in total. The number of nitrogen functional groups attached to an aromatic ring is 1. The van der Waals surface area contributed by atoms with Crippen LogP contribution in [0.5, 0.6) is 0 Å². The van der Waals surface area contributed by atoms with Gasteiger partial charge in [0.15, 0.2) is 5.82 Å². The van der Waals surface area contributed by atoms with Gasteiger partial charge in [0.2, 0.25) is 0 Å². The van der Waals surface area contributed by atoms with Gasteiger partial charge in [-0.05, 0) is 5.56 Å². The maximum absolute atomic E-state index is 11.3. The Kier molecular flexibility index (Phi) is 2.59. The second-order valence-electron chi connectivity index (χ2n) is 3.29. The first-order valence-corrected chi connectivity index (χ1v) is 4.85. The van der Waals surface area contributed by atoms with Crippen molar-refractivity contribution < 1.29 is 4.79 Å².